The first-order valence-electron chi connectivity index (χ1n) is 10.6. The number of furan rings is 1. The molecular weight excluding hydrogens is 439 g/mol. The first-order chi connectivity index (χ1) is 16.4. The zero-order valence-corrected chi connectivity index (χ0v) is 18.4. The lowest BCUT2D eigenvalue weighted by Crippen LogP contribution is -2.08. The van der Waals surface area contributed by atoms with E-state index < -0.39 is 11.8 Å². The molecule has 3 aromatic carbocycles. The SMILES string of the molecule is CC(=O)Nc1ccc(CC(=O)O)c(OCc2cc(-c3cccc(CN)c3F)c3occc3c2)c1. The van der Waals surface area contributed by atoms with Crippen LogP contribution in [0.3, 0.4) is 0 Å². The monoisotopic (exact) mass is 462 g/mol. The summed E-state index contributed by atoms with van der Waals surface area (Å²) in [5, 5.41) is 12.7. The van der Waals surface area contributed by atoms with E-state index in [0.29, 0.717) is 39.3 Å². The van der Waals surface area contributed by atoms with Gasteiger partial charge in [-0.3, -0.25) is 9.59 Å². The number of carboxylic acids is 1. The molecule has 0 saturated carbocycles. The van der Waals surface area contributed by atoms with Crippen molar-refractivity contribution in [3.8, 4) is 16.9 Å². The summed E-state index contributed by atoms with van der Waals surface area (Å²) >= 11 is 0. The summed E-state index contributed by atoms with van der Waals surface area (Å²) < 4.78 is 26.7. The summed E-state index contributed by atoms with van der Waals surface area (Å²) in [5.74, 6) is -1.34. The lowest BCUT2D eigenvalue weighted by atomic mass is 9.98. The lowest BCUT2D eigenvalue weighted by Gasteiger charge is -2.14. The highest BCUT2D eigenvalue weighted by atomic mass is 19.1. The predicted octanol–water partition coefficient (Wildman–Crippen LogP) is 4.86. The Balaban J connectivity index is 1.70. The van der Waals surface area contributed by atoms with Crippen LogP contribution in [0.4, 0.5) is 10.1 Å². The standard InChI is InChI=1S/C26H23FN2O5/c1-15(30)29-20-6-5-17(11-24(31)32)23(12-20)34-14-16-9-18-7-8-33-26(18)22(10-16)21-4-2-3-19(13-28)25(21)27/h2-10,12H,11,13-14,28H2,1H3,(H,29,30)(H,31,32). The molecule has 0 bridgehead atoms. The van der Waals surface area contributed by atoms with Gasteiger partial charge in [-0.25, -0.2) is 4.39 Å². The molecule has 4 rings (SSSR count). The maximum Gasteiger partial charge on any atom is 0.307 e. The zero-order chi connectivity index (χ0) is 24.2. The number of hydrogen-bond acceptors (Lipinski definition) is 5. The average molecular weight is 462 g/mol. The molecule has 34 heavy (non-hydrogen) atoms. The molecule has 1 amide bonds. The van der Waals surface area contributed by atoms with E-state index in [-0.39, 0.29) is 25.5 Å². The molecule has 0 spiro atoms. The van der Waals surface area contributed by atoms with Gasteiger partial charge in [0.1, 0.15) is 23.8 Å². The van der Waals surface area contributed by atoms with Crippen LogP contribution in [0, 0.1) is 5.82 Å². The molecule has 174 valence electrons. The summed E-state index contributed by atoms with van der Waals surface area (Å²) in [6.45, 7) is 1.54. The fourth-order valence-corrected chi connectivity index (χ4v) is 3.81. The number of anilines is 1. The fraction of sp³-hybridized carbons (Fsp3) is 0.154. The number of rotatable bonds is 8. The minimum absolute atomic E-state index is 0.0702. The molecule has 0 aliphatic carbocycles. The van der Waals surface area contributed by atoms with Crippen molar-refractivity contribution in [1.82, 2.24) is 0 Å². The average Bonchev–Trinajstić information content (AvgIpc) is 3.27. The maximum absolute atomic E-state index is 15.1. The second kappa shape index (κ2) is 9.76. The van der Waals surface area contributed by atoms with Crippen LogP contribution in [0.25, 0.3) is 22.1 Å². The first-order valence-corrected chi connectivity index (χ1v) is 10.6. The molecule has 4 aromatic rings. The Kier molecular flexibility index (Phi) is 6.60. The van der Waals surface area contributed by atoms with Crippen LogP contribution in [0.15, 0.2) is 65.3 Å². The third kappa shape index (κ3) is 4.92. The number of nitrogens with one attached hydrogen (secondary N) is 1. The third-order valence-electron chi connectivity index (χ3n) is 5.32. The summed E-state index contributed by atoms with van der Waals surface area (Å²) in [5.41, 5.74) is 9.22. The molecule has 0 aliphatic rings. The van der Waals surface area contributed by atoms with Crippen molar-refractivity contribution < 1.29 is 28.2 Å². The van der Waals surface area contributed by atoms with Crippen molar-refractivity contribution in [3.05, 3.63) is 83.4 Å². The number of halogens is 1. The quantitative estimate of drug-likeness (QED) is 0.344. The summed E-state index contributed by atoms with van der Waals surface area (Å²) in [6, 6.07) is 15.3. The molecule has 0 fully saturated rings. The highest BCUT2D eigenvalue weighted by molar-refractivity contribution is 5.93. The van der Waals surface area contributed by atoms with Gasteiger partial charge in [0.15, 0.2) is 0 Å². The van der Waals surface area contributed by atoms with E-state index in [1.807, 2.05) is 6.07 Å². The number of benzene rings is 3. The molecule has 0 atom stereocenters. The minimum atomic E-state index is -1.01. The van der Waals surface area contributed by atoms with E-state index in [1.54, 1.807) is 48.5 Å². The zero-order valence-electron chi connectivity index (χ0n) is 18.4. The van der Waals surface area contributed by atoms with Crippen LogP contribution in [-0.2, 0) is 29.2 Å². The van der Waals surface area contributed by atoms with Gasteiger partial charge in [0, 0.05) is 52.9 Å². The Bertz CT molecular complexity index is 1380. The van der Waals surface area contributed by atoms with Crippen molar-refractivity contribution in [1.29, 1.82) is 0 Å². The third-order valence-corrected chi connectivity index (χ3v) is 5.32. The smallest absolute Gasteiger partial charge is 0.307 e. The number of carbonyl (C=O) groups is 2. The summed E-state index contributed by atoms with van der Waals surface area (Å²) in [4.78, 5) is 22.7. The number of hydrogen-bond donors (Lipinski definition) is 3. The number of amides is 1. The molecule has 1 heterocycles. The van der Waals surface area contributed by atoms with Crippen LogP contribution >= 0.6 is 0 Å². The molecule has 0 saturated heterocycles. The van der Waals surface area contributed by atoms with Gasteiger partial charge in [-0.15, -0.1) is 0 Å². The van der Waals surface area contributed by atoms with Gasteiger partial charge < -0.3 is 25.3 Å². The Morgan fingerprint density at radius 2 is 1.91 bits per heavy atom. The Morgan fingerprint density at radius 3 is 2.65 bits per heavy atom. The van der Waals surface area contributed by atoms with Crippen LogP contribution in [0.1, 0.15) is 23.6 Å². The van der Waals surface area contributed by atoms with Crippen molar-refractivity contribution in [2.75, 3.05) is 5.32 Å². The summed E-state index contributed by atoms with van der Waals surface area (Å²) in [6.07, 6.45) is 1.30. The van der Waals surface area contributed by atoms with Gasteiger partial charge in [0.05, 0.1) is 12.7 Å². The van der Waals surface area contributed by atoms with Gasteiger partial charge in [-0.05, 0) is 29.8 Å². The van der Waals surface area contributed by atoms with Gasteiger partial charge >= 0.3 is 5.97 Å². The second-order valence-corrected chi connectivity index (χ2v) is 7.83. The van der Waals surface area contributed by atoms with Gasteiger partial charge in [-0.1, -0.05) is 24.3 Å². The van der Waals surface area contributed by atoms with E-state index in [4.69, 9.17) is 14.9 Å². The van der Waals surface area contributed by atoms with E-state index in [1.165, 1.54) is 13.2 Å². The topological polar surface area (TPSA) is 115 Å². The maximum atomic E-state index is 15.1. The van der Waals surface area contributed by atoms with Crippen molar-refractivity contribution in [2.45, 2.75) is 26.5 Å². The fourth-order valence-electron chi connectivity index (χ4n) is 3.81. The number of fused-ring (bicyclic) bond motifs is 1. The molecule has 7 nitrogen and oxygen atoms in total. The molecule has 0 unspecified atom stereocenters. The van der Waals surface area contributed by atoms with E-state index in [9.17, 15) is 14.7 Å². The Labute approximate surface area is 194 Å². The molecule has 8 heteroatoms. The largest absolute Gasteiger partial charge is 0.489 e. The van der Waals surface area contributed by atoms with Crippen LogP contribution < -0.4 is 15.8 Å². The number of carbonyl (C=O) groups excluding carboxylic acids is 1. The van der Waals surface area contributed by atoms with Gasteiger partial charge in [0.2, 0.25) is 5.91 Å². The normalized spacial score (nSPS) is 10.9. The number of aliphatic carboxylic acids is 1. The first kappa shape index (κ1) is 23.0. The molecule has 1 aromatic heterocycles. The van der Waals surface area contributed by atoms with Gasteiger partial charge in [-0.2, -0.15) is 0 Å². The molecule has 4 N–H and O–H groups in total. The molecule has 0 aliphatic heterocycles. The molecule has 0 radical (unpaired) electrons. The van der Waals surface area contributed by atoms with Crippen molar-refractivity contribution >= 4 is 28.5 Å². The number of ether oxygens (including phenoxy) is 1. The van der Waals surface area contributed by atoms with Crippen LogP contribution in [-0.4, -0.2) is 17.0 Å². The predicted molar refractivity (Wildman–Crippen MR) is 126 cm³/mol. The highest BCUT2D eigenvalue weighted by Gasteiger charge is 2.16. The molecular formula is C26H23FN2O5. The van der Waals surface area contributed by atoms with E-state index >= 15 is 4.39 Å². The minimum Gasteiger partial charge on any atom is -0.489 e. The van der Waals surface area contributed by atoms with E-state index in [2.05, 4.69) is 5.32 Å². The number of nitrogens with two attached hydrogens (primary N) is 1. The summed E-state index contributed by atoms with van der Waals surface area (Å²) in [7, 11) is 0. The van der Waals surface area contributed by atoms with Crippen LogP contribution in [0.2, 0.25) is 0 Å². The van der Waals surface area contributed by atoms with E-state index in [0.717, 1.165) is 10.9 Å². The highest BCUT2D eigenvalue weighted by Crippen LogP contribution is 2.34. The second-order valence-electron chi connectivity index (χ2n) is 7.83. The van der Waals surface area contributed by atoms with Gasteiger partial charge in [0.25, 0.3) is 0 Å². The van der Waals surface area contributed by atoms with Crippen LogP contribution in [0.5, 0.6) is 5.75 Å². The Hall–Kier alpha value is -4.17. The van der Waals surface area contributed by atoms with Crippen molar-refractivity contribution in [3.63, 3.8) is 0 Å². The lowest BCUT2D eigenvalue weighted by molar-refractivity contribution is -0.136. The van der Waals surface area contributed by atoms with Crippen molar-refractivity contribution in [2.24, 2.45) is 5.73 Å². The number of carboxylic acid groups (broad SMARTS) is 1. The Morgan fingerprint density at radius 1 is 1.09 bits per heavy atom.